The summed E-state index contributed by atoms with van der Waals surface area (Å²) in [5.41, 5.74) is 2.83. The predicted octanol–water partition coefficient (Wildman–Crippen LogP) is 1.89. The molecule has 3 aromatic rings. The first-order valence-electron chi connectivity index (χ1n) is 9.40. The lowest BCUT2D eigenvalue weighted by Crippen LogP contribution is -2.49. The number of hydrogen-bond donors (Lipinski definition) is 1. The van der Waals surface area contributed by atoms with E-state index in [0.29, 0.717) is 24.7 Å². The maximum Gasteiger partial charge on any atom is 0.252 e. The van der Waals surface area contributed by atoms with Crippen molar-refractivity contribution in [3.63, 3.8) is 0 Å². The second kappa shape index (κ2) is 8.75. The van der Waals surface area contributed by atoms with Gasteiger partial charge in [0.2, 0.25) is 5.91 Å². The van der Waals surface area contributed by atoms with E-state index in [1.54, 1.807) is 11.6 Å². The van der Waals surface area contributed by atoms with E-state index in [1.165, 1.54) is 0 Å². The standard InChI is InChI=1S/C20H24N6O2.ClH/c1-13-10-14(2)26-20(22-13)23-18(24-26)11-19(27)25-9-8-21-12-16(25)15-6-4-5-7-17(15)28-3;/h4-7,10,16,21H,8-9,11-12H2,1-3H3;1H. The SMILES string of the molecule is COc1ccccc1C1CNCCN1C(=O)Cc1nc2nc(C)cc(C)n2n1.Cl. The molecule has 4 rings (SSSR count). The fraction of sp³-hybridized carbons (Fsp3) is 0.400. The van der Waals surface area contributed by atoms with Gasteiger partial charge in [0.25, 0.3) is 5.78 Å². The zero-order chi connectivity index (χ0) is 19.7. The summed E-state index contributed by atoms with van der Waals surface area (Å²) in [6.45, 7) is 5.95. The highest BCUT2D eigenvalue weighted by atomic mass is 35.5. The summed E-state index contributed by atoms with van der Waals surface area (Å²) in [6.07, 6.45) is 0.146. The topological polar surface area (TPSA) is 84.6 Å². The van der Waals surface area contributed by atoms with Gasteiger partial charge in [-0.2, -0.15) is 4.98 Å². The number of rotatable bonds is 4. The molecule has 0 radical (unpaired) electrons. The Bertz CT molecular complexity index is 1020. The van der Waals surface area contributed by atoms with Gasteiger partial charge < -0.3 is 15.0 Å². The van der Waals surface area contributed by atoms with Crippen LogP contribution in [0.15, 0.2) is 30.3 Å². The molecule has 1 aromatic carbocycles. The molecule has 1 amide bonds. The smallest absolute Gasteiger partial charge is 0.252 e. The highest BCUT2D eigenvalue weighted by Gasteiger charge is 2.30. The highest BCUT2D eigenvalue weighted by molar-refractivity contribution is 5.85. The molecule has 8 nitrogen and oxygen atoms in total. The number of para-hydroxylation sites is 1. The molecule has 0 bridgehead atoms. The molecule has 9 heteroatoms. The van der Waals surface area contributed by atoms with E-state index in [0.717, 1.165) is 29.2 Å². The van der Waals surface area contributed by atoms with Gasteiger partial charge in [-0.3, -0.25) is 4.79 Å². The summed E-state index contributed by atoms with van der Waals surface area (Å²) in [7, 11) is 1.65. The first-order valence-corrected chi connectivity index (χ1v) is 9.40. The van der Waals surface area contributed by atoms with Crippen molar-refractivity contribution in [3.05, 3.63) is 53.1 Å². The third-order valence-electron chi connectivity index (χ3n) is 5.03. The Morgan fingerprint density at radius 1 is 1.28 bits per heavy atom. The Morgan fingerprint density at radius 2 is 2.07 bits per heavy atom. The second-order valence-corrected chi connectivity index (χ2v) is 7.00. The zero-order valence-electron chi connectivity index (χ0n) is 16.8. The molecule has 1 fully saturated rings. The van der Waals surface area contributed by atoms with Crippen LogP contribution in [0.25, 0.3) is 5.78 Å². The molecule has 0 saturated carbocycles. The van der Waals surface area contributed by atoms with Crippen molar-refractivity contribution < 1.29 is 9.53 Å². The number of aromatic nitrogens is 4. The van der Waals surface area contributed by atoms with Gasteiger partial charge in [0.05, 0.1) is 19.6 Å². The van der Waals surface area contributed by atoms with Crippen LogP contribution in [0.3, 0.4) is 0 Å². The van der Waals surface area contributed by atoms with E-state index in [2.05, 4.69) is 20.4 Å². The second-order valence-electron chi connectivity index (χ2n) is 7.00. The van der Waals surface area contributed by atoms with Crippen molar-refractivity contribution in [3.8, 4) is 5.75 Å². The number of nitrogens with zero attached hydrogens (tertiary/aromatic N) is 5. The summed E-state index contributed by atoms with van der Waals surface area (Å²) in [5.74, 6) is 1.81. The Balaban J connectivity index is 0.00000240. The lowest BCUT2D eigenvalue weighted by molar-refractivity contribution is -0.134. The third-order valence-corrected chi connectivity index (χ3v) is 5.03. The Morgan fingerprint density at radius 3 is 2.86 bits per heavy atom. The summed E-state index contributed by atoms with van der Waals surface area (Å²) in [4.78, 5) is 23.9. The lowest BCUT2D eigenvalue weighted by atomic mass is 10.0. The molecule has 1 atom stereocenters. The van der Waals surface area contributed by atoms with Crippen LogP contribution >= 0.6 is 12.4 Å². The maximum atomic E-state index is 13.1. The van der Waals surface area contributed by atoms with Gasteiger partial charge in [-0.15, -0.1) is 17.5 Å². The molecule has 0 spiro atoms. The van der Waals surface area contributed by atoms with Gasteiger partial charge in [0, 0.05) is 36.6 Å². The molecular formula is C20H25ClN6O2. The van der Waals surface area contributed by atoms with Gasteiger partial charge in [-0.1, -0.05) is 18.2 Å². The van der Waals surface area contributed by atoms with Crippen molar-refractivity contribution >= 4 is 24.1 Å². The number of carbonyl (C=O) groups excluding carboxylic acids is 1. The molecule has 154 valence electrons. The number of piperazine rings is 1. The third kappa shape index (κ3) is 4.18. The number of ether oxygens (including phenoxy) is 1. The lowest BCUT2D eigenvalue weighted by Gasteiger charge is -2.37. The van der Waals surface area contributed by atoms with Crippen molar-refractivity contribution in [2.24, 2.45) is 0 Å². The van der Waals surface area contributed by atoms with Gasteiger partial charge in [-0.25, -0.2) is 9.50 Å². The minimum atomic E-state index is -0.0865. The van der Waals surface area contributed by atoms with Crippen LogP contribution in [0.2, 0.25) is 0 Å². The number of fused-ring (bicyclic) bond motifs is 1. The molecule has 1 saturated heterocycles. The molecule has 3 heterocycles. The van der Waals surface area contributed by atoms with Gasteiger partial charge in [0.15, 0.2) is 5.82 Å². The minimum absolute atomic E-state index is 0. The van der Waals surface area contributed by atoms with E-state index >= 15 is 0 Å². The van der Waals surface area contributed by atoms with E-state index in [9.17, 15) is 4.79 Å². The summed E-state index contributed by atoms with van der Waals surface area (Å²) < 4.78 is 7.19. The van der Waals surface area contributed by atoms with Crippen LogP contribution < -0.4 is 10.1 Å². The molecular weight excluding hydrogens is 392 g/mol. The van der Waals surface area contributed by atoms with E-state index in [1.807, 2.05) is 49.1 Å². The number of carbonyl (C=O) groups is 1. The first kappa shape index (κ1) is 21.0. The Hall–Kier alpha value is -2.71. The quantitative estimate of drug-likeness (QED) is 0.699. The molecule has 1 aliphatic heterocycles. The van der Waals surface area contributed by atoms with Crippen molar-refractivity contribution in [1.29, 1.82) is 0 Å². The molecule has 29 heavy (non-hydrogen) atoms. The number of hydrogen-bond acceptors (Lipinski definition) is 6. The van der Waals surface area contributed by atoms with Crippen LogP contribution in [0, 0.1) is 13.8 Å². The van der Waals surface area contributed by atoms with Gasteiger partial charge >= 0.3 is 0 Å². The molecule has 1 unspecified atom stereocenters. The van der Waals surface area contributed by atoms with Gasteiger partial charge in [-0.05, 0) is 26.0 Å². The zero-order valence-corrected chi connectivity index (χ0v) is 17.6. The highest BCUT2D eigenvalue weighted by Crippen LogP contribution is 2.30. The van der Waals surface area contributed by atoms with Crippen molar-refractivity contribution in [1.82, 2.24) is 29.8 Å². The van der Waals surface area contributed by atoms with Crippen molar-refractivity contribution in [2.75, 3.05) is 26.7 Å². The average Bonchev–Trinajstić information content (AvgIpc) is 3.10. The normalized spacial score (nSPS) is 16.5. The molecule has 0 aliphatic carbocycles. The largest absolute Gasteiger partial charge is 0.496 e. The molecule has 1 aliphatic rings. The maximum absolute atomic E-state index is 13.1. The molecule has 1 N–H and O–H groups in total. The fourth-order valence-electron chi connectivity index (χ4n) is 3.74. The summed E-state index contributed by atoms with van der Waals surface area (Å²) in [5, 5.41) is 7.85. The number of aryl methyl sites for hydroxylation is 2. The number of halogens is 1. The number of amides is 1. The summed E-state index contributed by atoms with van der Waals surface area (Å²) >= 11 is 0. The van der Waals surface area contributed by atoms with E-state index in [4.69, 9.17) is 4.74 Å². The van der Waals surface area contributed by atoms with E-state index in [-0.39, 0.29) is 30.8 Å². The van der Waals surface area contributed by atoms with Crippen LogP contribution in [-0.2, 0) is 11.2 Å². The van der Waals surface area contributed by atoms with Gasteiger partial charge in [0.1, 0.15) is 5.75 Å². The summed E-state index contributed by atoms with van der Waals surface area (Å²) in [6, 6.07) is 9.69. The van der Waals surface area contributed by atoms with Crippen LogP contribution in [0.5, 0.6) is 5.75 Å². The number of methoxy groups -OCH3 is 1. The fourth-order valence-corrected chi connectivity index (χ4v) is 3.74. The van der Waals surface area contributed by atoms with Crippen LogP contribution in [0.1, 0.15) is 28.8 Å². The minimum Gasteiger partial charge on any atom is -0.496 e. The van der Waals surface area contributed by atoms with Crippen LogP contribution in [0.4, 0.5) is 0 Å². The van der Waals surface area contributed by atoms with Crippen LogP contribution in [-0.4, -0.2) is 57.1 Å². The number of nitrogens with one attached hydrogen (secondary N) is 1. The number of benzene rings is 1. The van der Waals surface area contributed by atoms with E-state index < -0.39 is 0 Å². The average molecular weight is 417 g/mol. The first-order chi connectivity index (χ1) is 13.6. The monoisotopic (exact) mass is 416 g/mol. The predicted molar refractivity (Wildman–Crippen MR) is 112 cm³/mol. The molecule has 2 aromatic heterocycles. The Kier molecular flexibility index (Phi) is 6.34. The Labute approximate surface area is 175 Å². The van der Waals surface area contributed by atoms with Crippen molar-refractivity contribution in [2.45, 2.75) is 26.3 Å².